The molecule has 0 fully saturated rings. The second-order valence-corrected chi connectivity index (χ2v) is 5.65. The van der Waals surface area contributed by atoms with Crippen LogP contribution in [0.25, 0.3) is 6.08 Å². The van der Waals surface area contributed by atoms with Gasteiger partial charge in [0.2, 0.25) is 0 Å². The molecule has 2 rings (SSSR count). The first kappa shape index (κ1) is 21.8. The first-order valence-corrected chi connectivity index (χ1v) is 8.27. The minimum atomic E-state index is -4.62. The fraction of sp³-hybridized carbons (Fsp3) is 0.200. The molecule has 0 aliphatic rings. The van der Waals surface area contributed by atoms with E-state index >= 15 is 0 Å². The van der Waals surface area contributed by atoms with Gasteiger partial charge in [-0.2, -0.15) is 13.2 Å². The molecule has 0 aliphatic carbocycles. The number of esters is 1. The summed E-state index contributed by atoms with van der Waals surface area (Å²) < 4.78 is 53.7. The lowest BCUT2D eigenvalue weighted by atomic mass is 10.1. The molecule has 0 saturated heterocycles. The number of alkyl halides is 3. The molecule has 2 aromatic rings. The van der Waals surface area contributed by atoms with Gasteiger partial charge in [0.15, 0.2) is 18.1 Å². The number of halogens is 3. The van der Waals surface area contributed by atoms with Crippen molar-refractivity contribution in [3.8, 4) is 11.5 Å². The van der Waals surface area contributed by atoms with Gasteiger partial charge in [-0.25, -0.2) is 4.79 Å². The first-order chi connectivity index (χ1) is 13.7. The Kier molecular flexibility index (Phi) is 7.24. The summed E-state index contributed by atoms with van der Waals surface area (Å²) in [7, 11) is 2.96. The Morgan fingerprint density at radius 1 is 1.03 bits per heavy atom. The summed E-state index contributed by atoms with van der Waals surface area (Å²) in [4.78, 5) is 23.6. The quantitative estimate of drug-likeness (QED) is 0.554. The number of benzene rings is 2. The van der Waals surface area contributed by atoms with Gasteiger partial charge in [0, 0.05) is 6.08 Å². The van der Waals surface area contributed by atoms with Crippen LogP contribution in [0.4, 0.5) is 18.9 Å². The Morgan fingerprint density at radius 2 is 1.72 bits per heavy atom. The fourth-order valence-electron chi connectivity index (χ4n) is 2.33. The van der Waals surface area contributed by atoms with Crippen LogP contribution in [-0.2, 0) is 20.5 Å². The lowest BCUT2D eigenvalue weighted by molar-refractivity contribution is -0.142. The number of carbonyl (C=O) groups excluding carboxylic acids is 2. The van der Waals surface area contributed by atoms with E-state index in [-0.39, 0.29) is 0 Å². The predicted octanol–water partition coefficient (Wildman–Crippen LogP) is 3.92. The molecule has 29 heavy (non-hydrogen) atoms. The van der Waals surface area contributed by atoms with Crippen molar-refractivity contribution in [2.75, 3.05) is 26.1 Å². The fourth-order valence-corrected chi connectivity index (χ4v) is 2.33. The average Bonchev–Trinajstić information content (AvgIpc) is 2.70. The summed E-state index contributed by atoms with van der Waals surface area (Å²) in [6.45, 7) is -0.735. The highest BCUT2D eigenvalue weighted by molar-refractivity contribution is 5.95. The Morgan fingerprint density at radius 3 is 2.38 bits per heavy atom. The standard InChI is InChI=1S/C20H18F3NO5/c1-27-16-9-7-13(11-17(16)28-2)8-10-19(26)29-12-18(25)24-15-6-4-3-5-14(15)20(21,22)23/h3-11H,12H2,1-2H3,(H,24,25)/b10-8+. The number of ether oxygens (including phenoxy) is 3. The Labute approximate surface area is 164 Å². The van der Waals surface area contributed by atoms with Gasteiger partial charge in [-0.3, -0.25) is 4.79 Å². The second-order valence-electron chi connectivity index (χ2n) is 5.65. The van der Waals surface area contributed by atoms with Crippen molar-refractivity contribution in [2.24, 2.45) is 0 Å². The number of rotatable bonds is 7. The summed E-state index contributed by atoms with van der Waals surface area (Å²) in [5, 5.41) is 2.08. The van der Waals surface area contributed by atoms with Gasteiger partial charge in [-0.1, -0.05) is 18.2 Å². The number of carbonyl (C=O) groups is 2. The molecular formula is C20H18F3NO5. The summed E-state index contributed by atoms with van der Waals surface area (Å²) >= 11 is 0. The highest BCUT2D eigenvalue weighted by Crippen LogP contribution is 2.34. The van der Waals surface area contributed by atoms with E-state index in [9.17, 15) is 22.8 Å². The second kappa shape index (κ2) is 9.63. The average molecular weight is 409 g/mol. The smallest absolute Gasteiger partial charge is 0.418 e. The van der Waals surface area contributed by atoms with E-state index < -0.39 is 35.9 Å². The third kappa shape index (κ3) is 6.27. The molecule has 0 atom stereocenters. The maximum atomic E-state index is 12.9. The van der Waals surface area contributed by atoms with Gasteiger partial charge in [0.1, 0.15) is 0 Å². The highest BCUT2D eigenvalue weighted by atomic mass is 19.4. The van der Waals surface area contributed by atoms with Gasteiger partial charge in [0.05, 0.1) is 25.5 Å². The van der Waals surface area contributed by atoms with Gasteiger partial charge < -0.3 is 19.5 Å². The first-order valence-electron chi connectivity index (χ1n) is 8.27. The molecule has 1 N–H and O–H groups in total. The van der Waals surface area contributed by atoms with Crippen molar-refractivity contribution < 1.29 is 37.0 Å². The van der Waals surface area contributed by atoms with Gasteiger partial charge in [-0.05, 0) is 35.9 Å². The Bertz CT molecular complexity index is 909. The number of amides is 1. The maximum Gasteiger partial charge on any atom is 0.418 e. The molecule has 0 unspecified atom stereocenters. The van der Waals surface area contributed by atoms with Crippen LogP contribution in [0.15, 0.2) is 48.5 Å². The van der Waals surface area contributed by atoms with Crippen LogP contribution < -0.4 is 14.8 Å². The molecule has 154 valence electrons. The van der Waals surface area contributed by atoms with Crippen molar-refractivity contribution in [2.45, 2.75) is 6.18 Å². The van der Waals surface area contributed by atoms with Crippen LogP contribution >= 0.6 is 0 Å². The molecule has 0 bridgehead atoms. The predicted molar refractivity (Wildman–Crippen MR) is 99.6 cm³/mol. The van der Waals surface area contributed by atoms with Crippen molar-refractivity contribution in [3.63, 3.8) is 0 Å². The van der Waals surface area contributed by atoms with Gasteiger partial charge in [-0.15, -0.1) is 0 Å². The van der Waals surface area contributed by atoms with E-state index in [0.29, 0.717) is 17.1 Å². The molecule has 0 heterocycles. The van der Waals surface area contributed by atoms with E-state index in [1.165, 1.54) is 32.4 Å². The molecule has 0 saturated carbocycles. The molecular weight excluding hydrogens is 391 g/mol. The highest BCUT2D eigenvalue weighted by Gasteiger charge is 2.33. The monoisotopic (exact) mass is 409 g/mol. The minimum absolute atomic E-state index is 0.415. The van der Waals surface area contributed by atoms with Gasteiger partial charge >= 0.3 is 12.1 Å². The zero-order chi connectivity index (χ0) is 21.4. The van der Waals surface area contributed by atoms with Crippen molar-refractivity contribution >= 4 is 23.6 Å². The SMILES string of the molecule is COc1ccc(/C=C/C(=O)OCC(=O)Nc2ccccc2C(F)(F)F)cc1OC. The van der Waals surface area contributed by atoms with Crippen LogP contribution in [0, 0.1) is 0 Å². The third-order valence-electron chi connectivity index (χ3n) is 3.67. The van der Waals surface area contributed by atoms with E-state index in [4.69, 9.17) is 14.2 Å². The molecule has 0 spiro atoms. The zero-order valence-electron chi connectivity index (χ0n) is 15.6. The Hall–Kier alpha value is -3.49. The number of anilines is 1. The largest absolute Gasteiger partial charge is 0.493 e. The topological polar surface area (TPSA) is 73.9 Å². The van der Waals surface area contributed by atoms with E-state index in [0.717, 1.165) is 18.2 Å². The molecule has 9 heteroatoms. The molecule has 0 aliphatic heterocycles. The zero-order valence-corrected chi connectivity index (χ0v) is 15.6. The summed E-state index contributed by atoms with van der Waals surface area (Å²) in [5.41, 5.74) is -0.793. The van der Waals surface area contributed by atoms with Crippen LogP contribution in [-0.4, -0.2) is 32.7 Å². The van der Waals surface area contributed by atoms with Crippen molar-refractivity contribution in [1.82, 2.24) is 0 Å². The van der Waals surface area contributed by atoms with E-state index in [1.807, 2.05) is 0 Å². The minimum Gasteiger partial charge on any atom is -0.493 e. The van der Waals surface area contributed by atoms with Crippen molar-refractivity contribution in [1.29, 1.82) is 0 Å². The molecule has 1 amide bonds. The number of methoxy groups -OCH3 is 2. The number of nitrogens with one attached hydrogen (secondary N) is 1. The van der Waals surface area contributed by atoms with Gasteiger partial charge in [0.25, 0.3) is 5.91 Å². The van der Waals surface area contributed by atoms with Crippen LogP contribution in [0.5, 0.6) is 11.5 Å². The number of hydrogen-bond acceptors (Lipinski definition) is 5. The number of para-hydroxylation sites is 1. The maximum absolute atomic E-state index is 12.9. The normalized spacial score (nSPS) is 11.2. The summed E-state index contributed by atoms with van der Waals surface area (Å²) in [6, 6.07) is 9.46. The van der Waals surface area contributed by atoms with Crippen LogP contribution in [0.1, 0.15) is 11.1 Å². The van der Waals surface area contributed by atoms with E-state index in [2.05, 4.69) is 5.32 Å². The number of hydrogen-bond donors (Lipinski definition) is 1. The Balaban J connectivity index is 1.93. The molecule has 2 aromatic carbocycles. The molecule has 0 radical (unpaired) electrons. The lowest BCUT2D eigenvalue weighted by Crippen LogP contribution is -2.22. The van der Waals surface area contributed by atoms with Crippen molar-refractivity contribution in [3.05, 3.63) is 59.7 Å². The van der Waals surface area contributed by atoms with Crippen LogP contribution in [0.2, 0.25) is 0 Å². The molecule has 6 nitrogen and oxygen atoms in total. The molecule has 0 aromatic heterocycles. The van der Waals surface area contributed by atoms with Crippen LogP contribution in [0.3, 0.4) is 0 Å². The summed E-state index contributed by atoms with van der Waals surface area (Å²) in [6.07, 6.45) is -2.11. The lowest BCUT2D eigenvalue weighted by Gasteiger charge is -2.13. The third-order valence-corrected chi connectivity index (χ3v) is 3.67. The van der Waals surface area contributed by atoms with E-state index in [1.54, 1.807) is 18.2 Å². The summed E-state index contributed by atoms with van der Waals surface area (Å²) in [5.74, 6) is -0.748.